The Morgan fingerprint density at radius 1 is 1.11 bits per heavy atom. The highest BCUT2D eigenvalue weighted by Gasteiger charge is 2.37. The molecule has 1 fully saturated rings. The van der Waals surface area contributed by atoms with Crippen molar-refractivity contribution in [2.45, 2.75) is 25.2 Å². The molecule has 0 aromatic heterocycles. The summed E-state index contributed by atoms with van der Waals surface area (Å²) in [5, 5.41) is 3.11. The molecule has 2 aromatic rings. The first-order chi connectivity index (χ1) is 12.4. The van der Waals surface area contributed by atoms with Crippen LogP contribution in [0, 0.1) is 5.92 Å². The number of alkyl halides is 3. The molecule has 2 unspecified atom stereocenters. The van der Waals surface area contributed by atoms with Gasteiger partial charge in [0.05, 0.1) is 6.54 Å². The number of benzene rings is 2. The van der Waals surface area contributed by atoms with Gasteiger partial charge in [0.2, 0.25) is 0 Å². The van der Waals surface area contributed by atoms with E-state index >= 15 is 0 Å². The van der Waals surface area contributed by atoms with Gasteiger partial charge in [-0.25, -0.2) is 4.99 Å². The molecule has 2 aromatic carbocycles. The third kappa shape index (κ3) is 6.93. The van der Waals surface area contributed by atoms with E-state index in [1.54, 1.807) is 0 Å². The van der Waals surface area contributed by atoms with Crippen LogP contribution in [0.5, 0.6) is 5.75 Å². The molecule has 0 radical (unpaired) electrons. The lowest BCUT2D eigenvalue weighted by Gasteiger charge is -2.09. The van der Waals surface area contributed by atoms with E-state index in [2.05, 4.69) is 27.2 Å². The molecule has 0 spiro atoms. The second kappa shape index (κ2) is 9.29. The Morgan fingerprint density at radius 3 is 2.41 bits per heavy atom. The molecule has 3 rings (SSSR count). The predicted octanol–water partition coefficient (Wildman–Crippen LogP) is 4.41. The van der Waals surface area contributed by atoms with E-state index in [0.717, 1.165) is 18.5 Å². The zero-order chi connectivity index (χ0) is 18.6. The second-order valence-electron chi connectivity index (χ2n) is 6.29. The lowest BCUT2D eigenvalue weighted by Crippen LogP contribution is -2.33. The van der Waals surface area contributed by atoms with Gasteiger partial charge in [-0.1, -0.05) is 42.5 Å². The van der Waals surface area contributed by atoms with E-state index in [-0.39, 0.29) is 36.3 Å². The van der Waals surface area contributed by atoms with Crippen molar-refractivity contribution >= 4 is 29.9 Å². The van der Waals surface area contributed by atoms with Crippen molar-refractivity contribution in [3.8, 4) is 5.75 Å². The molecular formula is C19H21F3IN3O. The highest BCUT2D eigenvalue weighted by atomic mass is 127. The first-order valence-electron chi connectivity index (χ1n) is 8.34. The minimum Gasteiger partial charge on any atom is -0.406 e. The van der Waals surface area contributed by atoms with Crippen molar-refractivity contribution < 1.29 is 17.9 Å². The van der Waals surface area contributed by atoms with E-state index in [4.69, 9.17) is 5.73 Å². The molecule has 3 N–H and O–H groups in total. The molecular weight excluding hydrogens is 470 g/mol. The minimum atomic E-state index is -4.69. The molecule has 0 bridgehead atoms. The summed E-state index contributed by atoms with van der Waals surface area (Å²) in [6.07, 6.45) is -3.56. The SMILES string of the molecule is I.NC(=NCc1ccc(OC(F)(F)F)cc1)NCC1CC1c1ccccc1. The van der Waals surface area contributed by atoms with Crippen molar-refractivity contribution in [1.29, 1.82) is 0 Å². The van der Waals surface area contributed by atoms with Crippen LogP contribution in [0.2, 0.25) is 0 Å². The predicted molar refractivity (Wildman–Crippen MR) is 109 cm³/mol. The second-order valence-corrected chi connectivity index (χ2v) is 6.29. The Balaban J connectivity index is 0.00000261. The molecule has 146 valence electrons. The van der Waals surface area contributed by atoms with Gasteiger partial charge in [-0.05, 0) is 41.5 Å². The molecule has 0 amide bonds. The molecule has 0 saturated heterocycles. The maximum atomic E-state index is 12.1. The fourth-order valence-electron chi connectivity index (χ4n) is 2.85. The first-order valence-corrected chi connectivity index (χ1v) is 8.34. The van der Waals surface area contributed by atoms with Crippen LogP contribution in [-0.2, 0) is 6.54 Å². The van der Waals surface area contributed by atoms with Crippen LogP contribution < -0.4 is 15.8 Å². The molecule has 4 nitrogen and oxygen atoms in total. The summed E-state index contributed by atoms with van der Waals surface area (Å²) in [6, 6.07) is 15.9. The first kappa shape index (κ1) is 21.3. The van der Waals surface area contributed by atoms with E-state index in [1.165, 1.54) is 29.8 Å². The number of aliphatic imine (C=N–C) groups is 1. The molecule has 27 heavy (non-hydrogen) atoms. The summed E-state index contributed by atoms with van der Waals surface area (Å²) in [7, 11) is 0. The maximum Gasteiger partial charge on any atom is 0.573 e. The summed E-state index contributed by atoms with van der Waals surface area (Å²) in [5.41, 5.74) is 7.95. The van der Waals surface area contributed by atoms with Gasteiger partial charge in [0.25, 0.3) is 0 Å². The quantitative estimate of drug-likeness (QED) is 0.358. The summed E-state index contributed by atoms with van der Waals surface area (Å²) in [5.74, 6) is 1.19. The zero-order valence-corrected chi connectivity index (χ0v) is 16.8. The fourth-order valence-corrected chi connectivity index (χ4v) is 2.85. The lowest BCUT2D eigenvalue weighted by atomic mass is 10.1. The molecule has 0 heterocycles. The average molecular weight is 491 g/mol. The molecule has 1 aliphatic rings. The molecule has 8 heteroatoms. The molecule has 1 aliphatic carbocycles. The maximum absolute atomic E-state index is 12.1. The Hall–Kier alpha value is -1.97. The van der Waals surface area contributed by atoms with Gasteiger partial charge >= 0.3 is 6.36 Å². The number of rotatable bonds is 6. The number of guanidine groups is 1. The smallest absolute Gasteiger partial charge is 0.406 e. The number of halogens is 4. The summed E-state index contributed by atoms with van der Waals surface area (Å²) >= 11 is 0. The molecule has 1 saturated carbocycles. The largest absolute Gasteiger partial charge is 0.573 e. The minimum absolute atomic E-state index is 0. The van der Waals surface area contributed by atoms with Gasteiger partial charge in [-0.2, -0.15) is 0 Å². The third-order valence-electron chi connectivity index (χ3n) is 4.28. The van der Waals surface area contributed by atoms with E-state index in [0.29, 0.717) is 17.8 Å². The Morgan fingerprint density at radius 2 is 1.78 bits per heavy atom. The highest BCUT2D eigenvalue weighted by Crippen LogP contribution is 2.46. The molecule has 2 atom stereocenters. The zero-order valence-electron chi connectivity index (χ0n) is 14.4. The van der Waals surface area contributed by atoms with Crippen LogP contribution in [0.15, 0.2) is 59.6 Å². The number of nitrogens with one attached hydrogen (secondary N) is 1. The monoisotopic (exact) mass is 491 g/mol. The van der Waals surface area contributed by atoms with E-state index in [1.807, 2.05) is 18.2 Å². The number of hydrogen-bond donors (Lipinski definition) is 2. The van der Waals surface area contributed by atoms with Gasteiger partial charge in [0, 0.05) is 6.54 Å². The van der Waals surface area contributed by atoms with Crippen LogP contribution in [0.25, 0.3) is 0 Å². The highest BCUT2D eigenvalue weighted by molar-refractivity contribution is 14.0. The van der Waals surface area contributed by atoms with Crippen LogP contribution in [0.3, 0.4) is 0 Å². The number of nitrogens with zero attached hydrogens (tertiary/aromatic N) is 1. The van der Waals surface area contributed by atoms with Crippen molar-refractivity contribution in [3.05, 3.63) is 65.7 Å². The lowest BCUT2D eigenvalue weighted by molar-refractivity contribution is -0.274. The summed E-state index contributed by atoms with van der Waals surface area (Å²) < 4.78 is 40.2. The fraction of sp³-hybridized carbons (Fsp3) is 0.316. The Kier molecular flexibility index (Phi) is 7.34. The van der Waals surface area contributed by atoms with E-state index in [9.17, 15) is 13.2 Å². The van der Waals surface area contributed by atoms with Crippen LogP contribution in [0.4, 0.5) is 13.2 Å². The molecule has 0 aliphatic heterocycles. The summed E-state index contributed by atoms with van der Waals surface area (Å²) in [6.45, 7) is 1.05. The average Bonchev–Trinajstić information content (AvgIpc) is 3.38. The Bertz CT molecular complexity index is 751. The van der Waals surface area contributed by atoms with Crippen molar-refractivity contribution in [1.82, 2.24) is 5.32 Å². The Labute approximate surface area is 173 Å². The summed E-state index contributed by atoms with van der Waals surface area (Å²) in [4.78, 5) is 4.22. The van der Waals surface area contributed by atoms with Crippen LogP contribution in [0.1, 0.15) is 23.5 Å². The topological polar surface area (TPSA) is 59.6 Å². The van der Waals surface area contributed by atoms with Gasteiger partial charge < -0.3 is 15.8 Å². The standard InChI is InChI=1S/C19H20F3N3O.HI/c20-19(21,22)26-16-8-6-13(7-9-16)11-24-18(23)25-12-15-10-17(15)14-4-2-1-3-5-14;/h1-9,15,17H,10-12H2,(H3,23,24,25);1H. The van der Waals surface area contributed by atoms with Gasteiger partial charge in [-0.15, -0.1) is 37.1 Å². The van der Waals surface area contributed by atoms with Crippen LogP contribution in [-0.4, -0.2) is 18.9 Å². The van der Waals surface area contributed by atoms with Crippen LogP contribution >= 0.6 is 24.0 Å². The van der Waals surface area contributed by atoms with Crippen molar-refractivity contribution in [3.63, 3.8) is 0 Å². The normalized spacial score (nSPS) is 19.1. The van der Waals surface area contributed by atoms with Crippen molar-refractivity contribution in [2.24, 2.45) is 16.6 Å². The van der Waals surface area contributed by atoms with E-state index < -0.39 is 6.36 Å². The van der Waals surface area contributed by atoms with Crippen molar-refractivity contribution in [2.75, 3.05) is 6.54 Å². The van der Waals surface area contributed by atoms with Gasteiger partial charge in [0.1, 0.15) is 5.75 Å². The number of nitrogens with two attached hydrogens (primary N) is 1. The number of hydrogen-bond acceptors (Lipinski definition) is 2. The third-order valence-corrected chi connectivity index (χ3v) is 4.28. The van der Waals surface area contributed by atoms with Gasteiger partial charge in [-0.3, -0.25) is 0 Å². The number of ether oxygens (including phenoxy) is 1. The van der Waals surface area contributed by atoms with Gasteiger partial charge in [0.15, 0.2) is 5.96 Å².